The minimum atomic E-state index is -0.560. The fourth-order valence-electron chi connectivity index (χ4n) is 3.58. The molecule has 0 bridgehead atoms. The summed E-state index contributed by atoms with van der Waals surface area (Å²) in [4.78, 5) is 28.2. The Bertz CT molecular complexity index is 637. The van der Waals surface area contributed by atoms with Crippen molar-refractivity contribution in [2.24, 2.45) is 0 Å². The summed E-state index contributed by atoms with van der Waals surface area (Å²) in [6, 6.07) is 0. The van der Waals surface area contributed by atoms with Crippen molar-refractivity contribution in [2.45, 2.75) is 51.6 Å². The largest absolute Gasteiger partial charge is 0.462 e. The van der Waals surface area contributed by atoms with Crippen LogP contribution in [0.3, 0.4) is 0 Å². The summed E-state index contributed by atoms with van der Waals surface area (Å²) in [6.45, 7) is 4.27. The van der Waals surface area contributed by atoms with Crippen LogP contribution in [0.4, 0.5) is 5.69 Å². The molecule has 2 N–H and O–H groups in total. The van der Waals surface area contributed by atoms with Crippen LogP contribution in [0, 0.1) is 0 Å². The summed E-state index contributed by atoms with van der Waals surface area (Å²) in [5.41, 5.74) is 1.46. The topological polar surface area (TPSA) is 78.9 Å². The van der Waals surface area contributed by atoms with Crippen LogP contribution in [-0.2, 0) is 16.0 Å². The number of carbonyl (C=O) groups excluding carboxylic acids is 2. The third-order valence-electron chi connectivity index (χ3n) is 4.79. The molecule has 1 fully saturated rings. The van der Waals surface area contributed by atoms with Gasteiger partial charge in [-0.2, -0.15) is 0 Å². The zero-order valence-corrected chi connectivity index (χ0v) is 15.5. The number of piperidine rings is 1. The zero-order chi connectivity index (χ0) is 17.8. The number of nitrogens with zero attached hydrogens (tertiary/aromatic N) is 1. The summed E-state index contributed by atoms with van der Waals surface area (Å²) in [6.07, 6.45) is 5.22. The van der Waals surface area contributed by atoms with Crippen LogP contribution in [0.15, 0.2) is 0 Å². The van der Waals surface area contributed by atoms with Crippen molar-refractivity contribution in [2.75, 3.05) is 31.6 Å². The Balaban J connectivity index is 1.80. The number of fused-ring (bicyclic) bond motifs is 1. The first-order valence-electron chi connectivity index (χ1n) is 9.13. The van der Waals surface area contributed by atoms with Crippen LogP contribution >= 0.6 is 11.3 Å². The van der Waals surface area contributed by atoms with E-state index in [-0.39, 0.29) is 12.5 Å². The lowest BCUT2D eigenvalue weighted by Gasteiger charge is -2.26. The molecule has 1 aliphatic heterocycles. The van der Waals surface area contributed by atoms with Crippen molar-refractivity contribution in [3.8, 4) is 0 Å². The predicted molar refractivity (Wildman–Crippen MR) is 97.1 cm³/mol. The second-order valence-corrected chi connectivity index (χ2v) is 7.71. The van der Waals surface area contributed by atoms with E-state index in [0.29, 0.717) is 23.5 Å². The zero-order valence-electron chi connectivity index (χ0n) is 14.7. The van der Waals surface area contributed by atoms with Crippen molar-refractivity contribution in [3.63, 3.8) is 0 Å². The maximum atomic E-state index is 12.5. The third kappa shape index (κ3) is 4.22. The number of thiophene rings is 1. The van der Waals surface area contributed by atoms with Gasteiger partial charge >= 0.3 is 5.97 Å². The Morgan fingerprint density at radius 1 is 1.28 bits per heavy atom. The SMILES string of the molecule is CCOC(=O)c1sc2c(c1NC(=O)CN1CCCCC1)CCCC2O. The van der Waals surface area contributed by atoms with E-state index in [1.165, 1.54) is 17.8 Å². The highest BCUT2D eigenvalue weighted by atomic mass is 32.1. The first kappa shape index (κ1) is 18.4. The number of aliphatic hydroxyl groups is 1. The first-order valence-corrected chi connectivity index (χ1v) is 9.94. The van der Waals surface area contributed by atoms with Gasteiger partial charge in [-0.05, 0) is 57.7 Å². The summed E-state index contributed by atoms with van der Waals surface area (Å²) in [7, 11) is 0. The number of aliphatic hydroxyl groups excluding tert-OH is 1. The molecule has 138 valence electrons. The number of likely N-dealkylation sites (tertiary alicyclic amines) is 1. The smallest absolute Gasteiger partial charge is 0.350 e. The van der Waals surface area contributed by atoms with Crippen LogP contribution in [-0.4, -0.2) is 48.1 Å². The van der Waals surface area contributed by atoms with Crippen LogP contribution in [0.1, 0.15) is 65.2 Å². The second kappa shape index (κ2) is 8.29. The van der Waals surface area contributed by atoms with Crippen molar-refractivity contribution in [3.05, 3.63) is 15.3 Å². The lowest BCUT2D eigenvalue weighted by atomic mass is 9.95. The Morgan fingerprint density at radius 3 is 2.76 bits per heavy atom. The molecule has 0 radical (unpaired) electrons. The van der Waals surface area contributed by atoms with Gasteiger partial charge in [0, 0.05) is 4.88 Å². The highest BCUT2D eigenvalue weighted by Crippen LogP contribution is 2.43. The summed E-state index contributed by atoms with van der Waals surface area (Å²) < 4.78 is 5.14. The molecule has 2 heterocycles. The maximum Gasteiger partial charge on any atom is 0.350 e. The fraction of sp³-hybridized carbons (Fsp3) is 0.667. The first-order chi connectivity index (χ1) is 12.1. The molecule has 1 unspecified atom stereocenters. The van der Waals surface area contributed by atoms with Gasteiger partial charge in [-0.15, -0.1) is 11.3 Å². The number of amides is 1. The van der Waals surface area contributed by atoms with Crippen molar-refractivity contribution in [1.29, 1.82) is 0 Å². The predicted octanol–water partition coefficient (Wildman–Crippen LogP) is 2.72. The summed E-state index contributed by atoms with van der Waals surface area (Å²) >= 11 is 1.25. The van der Waals surface area contributed by atoms with E-state index in [4.69, 9.17) is 4.74 Å². The number of hydrogen-bond donors (Lipinski definition) is 2. The third-order valence-corrected chi connectivity index (χ3v) is 6.10. The minimum absolute atomic E-state index is 0.104. The van der Waals surface area contributed by atoms with Crippen molar-refractivity contribution in [1.82, 2.24) is 4.90 Å². The van der Waals surface area contributed by atoms with Crippen molar-refractivity contribution < 1.29 is 19.4 Å². The van der Waals surface area contributed by atoms with E-state index < -0.39 is 12.1 Å². The van der Waals surface area contributed by atoms with Gasteiger partial charge in [-0.1, -0.05) is 6.42 Å². The van der Waals surface area contributed by atoms with Gasteiger partial charge in [0.1, 0.15) is 4.88 Å². The Morgan fingerprint density at radius 2 is 2.04 bits per heavy atom. The van der Waals surface area contributed by atoms with E-state index in [2.05, 4.69) is 10.2 Å². The quantitative estimate of drug-likeness (QED) is 0.784. The average Bonchev–Trinajstić information content (AvgIpc) is 2.96. The molecule has 3 rings (SSSR count). The number of nitrogens with one attached hydrogen (secondary N) is 1. The van der Waals surface area contributed by atoms with Crippen LogP contribution in [0.5, 0.6) is 0 Å². The molecule has 0 saturated carbocycles. The molecular weight excluding hydrogens is 340 g/mol. The molecule has 1 aliphatic carbocycles. The number of ether oxygens (including phenoxy) is 1. The average molecular weight is 366 g/mol. The van der Waals surface area contributed by atoms with Gasteiger partial charge in [0.05, 0.1) is 24.9 Å². The van der Waals surface area contributed by atoms with E-state index in [1.54, 1.807) is 6.92 Å². The van der Waals surface area contributed by atoms with E-state index in [0.717, 1.165) is 49.2 Å². The second-order valence-electron chi connectivity index (χ2n) is 6.66. The minimum Gasteiger partial charge on any atom is -0.462 e. The standard InChI is InChI=1S/C18H26N2O4S/c1-2-24-18(23)17-15(12-7-6-8-13(21)16(12)25-17)19-14(22)11-20-9-4-3-5-10-20/h13,21H,2-11H2,1H3,(H,19,22). The van der Waals surface area contributed by atoms with Gasteiger partial charge in [0.25, 0.3) is 0 Å². The Labute approximate surface area is 152 Å². The lowest BCUT2D eigenvalue weighted by Crippen LogP contribution is -2.37. The highest BCUT2D eigenvalue weighted by molar-refractivity contribution is 7.15. The Kier molecular flexibility index (Phi) is 6.09. The molecule has 7 heteroatoms. The van der Waals surface area contributed by atoms with E-state index in [1.807, 2.05) is 0 Å². The summed E-state index contributed by atoms with van der Waals surface area (Å²) in [5, 5.41) is 13.2. The van der Waals surface area contributed by atoms with E-state index in [9.17, 15) is 14.7 Å². The fourth-order valence-corrected chi connectivity index (χ4v) is 4.80. The molecule has 1 amide bonds. The van der Waals surface area contributed by atoms with Crippen LogP contribution in [0.25, 0.3) is 0 Å². The molecule has 1 aromatic rings. The molecular formula is C18H26N2O4S. The Hall–Kier alpha value is -1.44. The lowest BCUT2D eigenvalue weighted by molar-refractivity contribution is -0.117. The van der Waals surface area contributed by atoms with Crippen LogP contribution < -0.4 is 5.32 Å². The maximum absolute atomic E-state index is 12.5. The van der Waals surface area contributed by atoms with Gasteiger partial charge in [0.15, 0.2) is 0 Å². The number of rotatable bonds is 5. The molecule has 1 saturated heterocycles. The van der Waals surface area contributed by atoms with Crippen LogP contribution in [0.2, 0.25) is 0 Å². The molecule has 0 aromatic carbocycles. The molecule has 0 spiro atoms. The highest BCUT2D eigenvalue weighted by Gasteiger charge is 2.30. The number of anilines is 1. The summed E-state index contributed by atoms with van der Waals surface area (Å²) in [5.74, 6) is -0.532. The number of carbonyl (C=O) groups is 2. The molecule has 6 nitrogen and oxygen atoms in total. The van der Waals surface area contributed by atoms with Crippen molar-refractivity contribution >= 4 is 28.9 Å². The monoisotopic (exact) mass is 366 g/mol. The molecule has 1 atom stereocenters. The normalized spacial score (nSPS) is 20.8. The van der Waals surface area contributed by atoms with Gasteiger partial charge in [-0.3, -0.25) is 9.69 Å². The molecule has 1 aromatic heterocycles. The number of hydrogen-bond acceptors (Lipinski definition) is 6. The van der Waals surface area contributed by atoms with Gasteiger partial charge in [-0.25, -0.2) is 4.79 Å². The molecule has 25 heavy (non-hydrogen) atoms. The van der Waals surface area contributed by atoms with E-state index >= 15 is 0 Å². The van der Waals surface area contributed by atoms with Gasteiger partial charge < -0.3 is 15.2 Å². The number of esters is 1. The molecule has 2 aliphatic rings. The van der Waals surface area contributed by atoms with Gasteiger partial charge in [0.2, 0.25) is 5.91 Å².